The zero-order chi connectivity index (χ0) is 0. The third-order valence-electron chi connectivity index (χ3n) is 0. The molecule has 0 nitrogen and oxygen atoms in total. The minimum absolute atomic E-state index is 0. The van der Waals surface area contributed by atoms with Crippen molar-refractivity contribution in [2.45, 2.75) is 0 Å². The molecule has 0 unspecified atom stereocenters. The van der Waals surface area contributed by atoms with Crippen LogP contribution in [0, 0.1) is 0 Å². The van der Waals surface area contributed by atoms with Gasteiger partial charge in [-0.1, -0.05) is 0 Å². The van der Waals surface area contributed by atoms with Gasteiger partial charge in [0.1, 0.15) is 0 Å². The van der Waals surface area contributed by atoms with Gasteiger partial charge in [-0.15, -0.1) is 0 Å². The summed E-state index contributed by atoms with van der Waals surface area (Å²) in [5.74, 6) is 0. The molecule has 0 saturated heterocycles. The molecule has 17 heavy (non-hydrogen) atoms. The molecule has 0 saturated carbocycles. The van der Waals surface area contributed by atoms with Crippen LogP contribution in [0.25, 0.3) is 0 Å². The molecule has 0 rings (SSSR count). The van der Waals surface area contributed by atoms with E-state index in [-0.39, 0.29) is 367 Å². The maximum atomic E-state index is 0. The van der Waals surface area contributed by atoms with Crippen molar-refractivity contribution in [1.29, 1.82) is 0 Å². The molecule has 0 aromatic heterocycles. The Kier molecular flexibility index (Phi) is 1510. The van der Waals surface area contributed by atoms with Gasteiger partial charge in [-0.05, 0) is 0 Å². The molecule has 0 aliphatic rings. The molecule has 0 aromatic rings. The molecule has 0 atom stereocenters. The second kappa shape index (κ2) is 151. The second-order valence-corrected chi connectivity index (χ2v) is 0. The second-order valence-electron chi connectivity index (χ2n) is 0. The summed E-state index contributed by atoms with van der Waals surface area (Å²) < 4.78 is 0. The summed E-state index contributed by atoms with van der Waals surface area (Å²) in [4.78, 5) is 0. The van der Waals surface area contributed by atoms with Gasteiger partial charge in [-0.3, -0.25) is 0 Å². The average molecular weight is 695 g/mol. The van der Waals surface area contributed by atoms with Gasteiger partial charge in [0.15, 0.2) is 0 Å². The summed E-state index contributed by atoms with van der Waals surface area (Å²) in [5, 5.41) is 0. The number of hydrogen-bond donors (Lipinski definition) is 0. The Morgan fingerprint density at radius 3 is 0.235 bits per heavy atom. The SMILES string of the molecule is [Fe].[Fe].[Fe].[Fe].[H-].[H-].[H-].[H-].[H-].[H-].[H-].[H-].[H-].[H-].[H-].[H-].[H-].[H-].[H-].[H-].[H-].[H-].[Mg+2].[Mg+2].[Mg+2].[Mg+2].[Mg+2].[Mg+2].[Mg+2].[Mg+2].[Mg+2].[Ni].[Ni].[Ni].[Ni]. The van der Waals surface area contributed by atoms with E-state index in [4.69, 9.17) is 0 Å². The minimum Gasteiger partial charge on any atom is -1.00 e. The summed E-state index contributed by atoms with van der Waals surface area (Å²) in [7, 11) is 0. The largest absolute Gasteiger partial charge is 2.00 e. The molecule has 0 heterocycles. The van der Waals surface area contributed by atoms with E-state index in [0.29, 0.717) is 0 Å². The first-order valence-corrected chi connectivity index (χ1v) is 0. The van der Waals surface area contributed by atoms with Crippen molar-refractivity contribution in [3.8, 4) is 0 Å². The molecule has 0 spiro atoms. The van der Waals surface area contributed by atoms with Crippen LogP contribution in [0.4, 0.5) is 0 Å². The zero-order valence-electron chi connectivity index (χ0n) is 27.0. The molecule has 0 amide bonds. The van der Waals surface area contributed by atoms with Gasteiger partial charge in [0.25, 0.3) is 0 Å². The van der Waals surface area contributed by atoms with Crippen LogP contribution in [0.1, 0.15) is 25.7 Å². The molecule has 108 valence electrons. The molecular formula is H18Fe4Mg9Ni4. The van der Waals surface area contributed by atoms with Gasteiger partial charge in [-0.2, -0.15) is 0 Å². The fourth-order valence-electron chi connectivity index (χ4n) is 0. The van der Waals surface area contributed by atoms with Gasteiger partial charge in [-0.25, -0.2) is 0 Å². The van der Waals surface area contributed by atoms with Gasteiger partial charge in [0.05, 0.1) is 0 Å². The van der Waals surface area contributed by atoms with Gasteiger partial charge in [0, 0.05) is 134 Å². The molecule has 0 aromatic carbocycles. The molecule has 0 aliphatic carbocycles. The van der Waals surface area contributed by atoms with Gasteiger partial charge < -0.3 is 25.7 Å². The maximum Gasteiger partial charge on any atom is 2.00 e. The van der Waals surface area contributed by atoms with E-state index >= 15 is 0 Å². The Hall–Kier alpha value is 10.9. The minimum atomic E-state index is 0. The van der Waals surface area contributed by atoms with Gasteiger partial charge >= 0.3 is 207 Å². The molecule has 0 radical (unpaired) electrons. The van der Waals surface area contributed by atoms with E-state index in [9.17, 15) is 0 Å². The van der Waals surface area contributed by atoms with Crippen LogP contribution in [0.15, 0.2) is 0 Å². The van der Waals surface area contributed by atoms with E-state index in [1.165, 1.54) is 0 Å². The van der Waals surface area contributed by atoms with Gasteiger partial charge in [0.2, 0.25) is 0 Å². The summed E-state index contributed by atoms with van der Waals surface area (Å²) in [5.41, 5.74) is 0. The molecule has 0 fully saturated rings. The first-order valence-electron chi connectivity index (χ1n) is 0. The van der Waals surface area contributed by atoms with Crippen LogP contribution in [-0.4, -0.2) is 207 Å². The van der Waals surface area contributed by atoms with Crippen molar-refractivity contribution < 1.29 is 160 Å². The van der Waals surface area contributed by atoms with E-state index in [2.05, 4.69) is 0 Å². The van der Waals surface area contributed by atoms with Crippen molar-refractivity contribution in [2.75, 3.05) is 0 Å². The molecule has 17 heteroatoms. The Bertz CT molecular complexity index is 59.9. The monoisotopic (exact) mass is 689 g/mol. The van der Waals surface area contributed by atoms with E-state index in [0.717, 1.165) is 0 Å². The maximum absolute atomic E-state index is 0. The smallest absolute Gasteiger partial charge is 1.00 e. The molecule has 0 N–H and O–H groups in total. The van der Waals surface area contributed by atoms with Crippen molar-refractivity contribution in [2.24, 2.45) is 0 Å². The molecule has 0 aliphatic heterocycles. The number of rotatable bonds is 0. The summed E-state index contributed by atoms with van der Waals surface area (Å²) in [6.07, 6.45) is 0. The standard InChI is InChI=1S/4Fe.9Mg.4Ni.18H/q;;;;9*+2;;;;;18*-1. The third-order valence-corrected chi connectivity index (χ3v) is 0. The van der Waals surface area contributed by atoms with E-state index in [1.54, 1.807) is 0 Å². The average Bonchev–Trinajstić information content (AvgIpc) is 0. The number of hydrogen-bond acceptors (Lipinski definition) is 0. The Morgan fingerprint density at radius 1 is 0.235 bits per heavy atom. The molecule has 0 bridgehead atoms. The fraction of sp³-hybridized carbons (Fsp3) is 0. The van der Waals surface area contributed by atoms with Crippen LogP contribution < -0.4 is 0 Å². The van der Waals surface area contributed by atoms with Crippen molar-refractivity contribution >= 4 is 207 Å². The quantitative estimate of drug-likeness (QED) is 0.274. The third kappa shape index (κ3) is 140. The Morgan fingerprint density at radius 2 is 0.235 bits per heavy atom. The Balaban J connectivity index is 0. The van der Waals surface area contributed by atoms with Crippen LogP contribution in [0.2, 0.25) is 0 Å². The van der Waals surface area contributed by atoms with Crippen LogP contribution in [-0.2, 0) is 134 Å². The van der Waals surface area contributed by atoms with Crippen molar-refractivity contribution in [3.63, 3.8) is 0 Å². The van der Waals surface area contributed by atoms with Crippen molar-refractivity contribution in [1.82, 2.24) is 0 Å². The van der Waals surface area contributed by atoms with E-state index in [1.807, 2.05) is 0 Å². The first-order chi connectivity index (χ1) is 0. The van der Waals surface area contributed by atoms with E-state index < -0.39 is 0 Å². The summed E-state index contributed by atoms with van der Waals surface area (Å²) >= 11 is 0. The first kappa shape index (κ1) is 169. The summed E-state index contributed by atoms with van der Waals surface area (Å²) in [6.45, 7) is 0. The van der Waals surface area contributed by atoms with Crippen LogP contribution >= 0.6 is 0 Å². The van der Waals surface area contributed by atoms with Crippen molar-refractivity contribution in [3.05, 3.63) is 0 Å². The Labute approximate surface area is 359 Å². The van der Waals surface area contributed by atoms with Crippen LogP contribution in [0.3, 0.4) is 0 Å². The summed E-state index contributed by atoms with van der Waals surface area (Å²) in [6, 6.07) is 0. The topological polar surface area (TPSA) is 0 Å². The zero-order valence-corrected chi connectivity index (χ0v) is 30.1. The molecular weight excluding hydrogens is 677 g/mol. The van der Waals surface area contributed by atoms with Crippen LogP contribution in [0.5, 0.6) is 0 Å². The normalized spacial score (nSPS) is 0. The fourth-order valence-corrected chi connectivity index (χ4v) is 0. The predicted molar refractivity (Wildman–Crippen MR) is 71.8 cm³/mol. The predicted octanol–water partition coefficient (Wildman–Crippen LogP) is -1.42.